The monoisotopic (exact) mass is 482 g/mol. The van der Waals surface area contributed by atoms with Crippen LogP contribution < -0.4 is 4.74 Å². The Morgan fingerprint density at radius 2 is 1.69 bits per heavy atom. The molecule has 0 aliphatic heterocycles. The molecule has 1 aromatic heterocycles. The zero-order valence-electron chi connectivity index (χ0n) is 16.4. The number of pyridine rings is 1. The van der Waals surface area contributed by atoms with Gasteiger partial charge < -0.3 is 4.74 Å². The Morgan fingerprint density at radius 3 is 2.38 bits per heavy atom. The van der Waals surface area contributed by atoms with Gasteiger partial charge in [0.1, 0.15) is 29.8 Å². The molecule has 0 radical (unpaired) electrons. The molecule has 0 bridgehead atoms. The highest BCUT2D eigenvalue weighted by atomic mass is 35.5. The Balaban J connectivity index is 1.91. The lowest BCUT2D eigenvalue weighted by atomic mass is 9.96. The quantitative estimate of drug-likeness (QED) is 0.289. The minimum Gasteiger partial charge on any atom is -0.487 e. The molecule has 0 aliphatic carbocycles. The van der Waals surface area contributed by atoms with Crippen LogP contribution in [-0.2, 0) is 6.61 Å². The van der Waals surface area contributed by atoms with Crippen LogP contribution in [0.2, 0.25) is 15.1 Å². The van der Waals surface area contributed by atoms with E-state index in [4.69, 9.17) is 39.5 Å². The Morgan fingerprint density at radius 1 is 0.938 bits per heavy atom. The normalized spacial score (nSPS) is 10.6. The predicted octanol–water partition coefficient (Wildman–Crippen LogP) is 7.97. The van der Waals surface area contributed by atoms with Gasteiger partial charge in [0, 0.05) is 21.8 Å². The minimum absolute atomic E-state index is 0.168. The highest BCUT2D eigenvalue weighted by molar-refractivity contribution is 6.36. The first kappa shape index (κ1) is 22.1. The van der Waals surface area contributed by atoms with Gasteiger partial charge in [0.05, 0.1) is 16.3 Å². The van der Waals surface area contributed by atoms with Crippen LogP contribution in [0.3, 0.4) is 0 Å². The molecule has 3 nitrogen and oxygen atoms in total. The fourth-order valence-electron chi connectivity index (χ4n) is 3.28. The molecule has 0 atom stereocenters. The van der Waals surface area contributed by atoms with E-state index >= 15 is 0 Å². The topological polar surface area (TPSA) is 45.9 Å². The van der Waals surface area contributed by atoms with E-state index in [0.717, 1.165) is 5.56 Å². The maximum Gasteiger partial charge on any atom is 0.149 e. The van der Waals surface area contributed by atoms with Crippen LogP contribution >= 0.6 is 34.8 Å². The van der Waals surface area contributed by atoms with Crippen LogP contribution in [0.15, 0.2) is 72.9 Å². The third kappa shape index (κ3) is 4.71. The number of benzene rings is 3. The van der Waals surface area contributed by atoms with Crippen LogP contribution in [0.1, 0.15) is 11.1 Å². The number of rotatable bonds is 5. The molecule has 0 amide bonds. The molecule has 0 unspecified atom stereocenters. The molecule has 4 aromatic rings. The predicted molar refractivity (Wildman–Crippen MR) is 126 cm³/mol. The molecule has 0 spiro atoms. The average molecular weight is 484 g/mol. The molecule has 3 aromatic carbocycles. The zero-order valence-corrected chi connectivity index (χ0v) is 18.7. The highest BCUT2D eigenvalue weighted by Gasteiger charge is 2.21. The first-order chi connectivity index (χ1) is 15.5. The Bertz CT molecular complexity index is 1330. The van der Waals surface area contributed by atoms with Crippen molar-refractivity contribution < 1.29 is 9.13 Å². The van der Waals surface area contributed by atoms with Crippen molar-refractivity contribution in [2.75, 3.05) is 0 Å². The number of nitriles is 1. The standard InChI is InChI=1S/C25H14Cl3FN2O/c26-18-3-1-2-15(10-18)14-32-25-17(12-30)13-31-24(21-9-6-19(27)11-22(21)28)23(25)16-4-7-20(29)8-5-16/h1-11,13H,14H2. The van der Waals surface area contributed by atoms with Crippen LogP contribution in [0.5, 0.6) is 5.75 Å². The largest absolute Gasteiger partial charge is 0.487 e. The van der Waals surface area contributed by atoms with Gasteiger partial charge >= 0.3 is 0 Å². The molecule has 0 aliphatic rings. The third-order valence-electron chi connectivity index (χ3n) is 4.74. The number of aromatic nitrogens is 1. The maximum atomic E-state index is 13.6. The number of halogens is 4. The second kappa shape index (κ2) is 9.58. The molecule has 0 saturated heterocycles. The molecule has 0 N–H and O–H groups in total. The molecule has 158 valence electrons. The van der Waals surface area contributed by atoms with Crippen molar-refractivity contribution in [3.63, 3.8) is 0 Å². The number of hydrogen-bond acceptors (Lipinski definition) is 3. The summed E-state index contributed by atoms with van der Waals surface area (Å²) in [5, 5.41) is 11.2. The molecule has 1 heterocycles. The lowest BCUT2D eigenvalue weighted by Crippen LogP contribution is -2.02. The fraction of sp³-hybridized carbons (Fsp3) is 0.0400. The summed E-state index contributed by atoms with van der Waals surface area (Å²) in [6.07, 6.45) is 1.43. The van der Waals surface area contributed by atoms with Gasteiger partial charge in [-0.25, -0.2) is 4.39 Å². The second-order valence-corrected chi connectivity index (χ2v) is 8.17. The van der Waals surface area contributed by atoms with Gasteiger partial charge in [-0.3, -0.25) is 4.98 Å². The molecule has 0 saturated carbocycles. The first-order valence-corrected chi connectivity index (χ1v) is 10.6. The third-order valence-corrected chi connectivity index (χ3v) is 5.53. The summed E-state index contributed by atoms with van der Waals surface area (Å²) in [5.41, 5.74) is 3.30. The van der Waals surface area contributed by atoms with Crippen molar-refractivity contribution in [3.8, 4) is 34.2 Å². The summed E-state index contributed by atoms with van der Waals surface area (Å²) in [5.74, 6) is -0.0688. The summed E-state index contributed by atoms with van der Waals surface area (Å²) >= 11 is 18.6. The van der Waals surface area contributed by atoms with E-state index in [1.165, 1.54) is 18.3 Å². The lowest BCUT2D eigenvalue weighted by Gasteiger charge is -2.18. The van der Waals surface area contributed by atoms with Crippen molar-refractivity contribution in [1.29, 1.82) is 5.26 Å². The van der Waals surface area contributed by atoms with Gasteiger partial charge in [0.2, 0.25) is 0 Å². The molecule has 0 fully saturated rings. The maximum absolute atomic E-state index is 13.6. The van der Waals surface area contributed by atoms with Crippen LogP contribution in [0, 0.1) is 17.1 Å². The van der Waals surface area contributed by atoms with Gasteiger partial charge in [-0.15, -0.1) is 0 Å². The summed E-state index contributed by atoms with van der Waals surface area (Å²) in [7, 11) is 0. The van der Waals surface area contributed by atoms with Crippen molar-refractivity contribution in [3.05, 3.63) is 105 Å². The van der Waals surface area contributed by atoms with E-state index in [9.17, 15) is 9.65 Å². The van der Waals surface area contributed by atoms with Crippen LogP contribution in [0.4, 0.5) is 4.39 Å². The van der Waals surface area contributed by atoms with Gasteiger partial charge in [0.15, 0.2) is 0 Å². The van der Waals surface area contributed by atoms with Crippen molar-refractivity contribution in [2.45, 2.75) is 6.61 Å². The second-order valence-electron chi connectivity index (χ2n) is 6.89. The van der Waals surface area contributed by atoms with E-state index in [1.54, 1.807) is 42.5 Å². The molecular weight excluding hydrogens is 470 g/mol. The Hall–Kier alpha value is -3.10. The van der Waals surface area contributed by atoms with Crippen molar-refractivity contribution >= 4 is 34.8 Å². The van der Waals surface area contributed by atoms with Crippen molar-refractivity contribution in [1.82, 2.24) is 4.98 Å². The number of nitrogens with zero attached hydrogens (tertiary/aromatic N) is 2. The van der Waals surface area contributed by atoms with Crippen LogP contribution in [-0.4, -0.2) is 4.98 Å². The lowest BCUT2D eigenvalue weighted by molar-refractivity contribution is 0.306. The minimum atomic E-state index is -0.384. The first-order valence-electron chi connectivity index (χ1n) is 9.48. The fourth-order valence-corrected chi connectivity index (χ4v) is 3.99. The van der Waals surface area contributed by atoms with Gasteiger partial charge in [-0.2, -0.15) is 5.26 Å². The summed E-state index contributed by atoms with van der Waals surface area (Å²) in [4.78, 5) is 4.49. The average Bonchev–Trinajstić information content (AvgIpc) is 2.78. The van der Waals surface area contributed by atoms with E-state index in [0.29, 0.717) is 43.2 Å². The van der Waals surface area contributed by atoms with E-state index in [-0.39, 0.29) is 18.0 Å². The van der Waals surface area contributed by atoms with Crippen LogP contribution in [0.25, 0.3) is 22.4 Å². The number of ether oxygens (including phenoxy) is 1. The SMILES string of the molecule is N#Cc1cnc(-c2ccc(Cl)cc2Cl)c(-c2ccc(F)cc2)c1OCc1cccc(Cl)c1. The van der Waals surface area contributed by atoms with Gasteiger partial charge in [-0.05, 0) is 53.6 Å². The zero-order chi connectivity index (χ0) is 22.7. The van der Waals surface area contributed by atoms with Gasteiger partial charge in [-0.1, -0.05) is 59.1 Å². The Kier molecular flexibility index (Phi) is 6.62. The molecular formula is C25H14Cl3FN2O. The number of hydrogen-bond donors (Lipinski definition) is 0. The summed E-state index contributed by atoms with van der Waals surface area (Å²) in [6, 6.07) is 20.3. The van der Waals surface area contributed by atoms with Gasteiger partial charge in [0.25, 0.3) is 0 Å². The molecule has 4 rings (SSSR count). The van der Waals surface area contributed by atoms with E-state index in [1.807, 2.05) is 12.1 Å². The van der Waals surface area contributed by atoms with E-state index < -0.39 is 0 Å². The molecule has 32 heavy (non-hydrogen) atoms. The smallest absolute Gasteiger partial charge is 0.149 e. The highest BCUT2D eigenvalue weighted by Crippen LogP contribution is 2.42. The van der Waals surface area contributed by atoms with Crippen molar-refractivity contribution in [2.24, 2.45) is 0 Å². The summed E-state index contributed by atoms with van der Waals surface area (Å²) in [6.45, 7) is 0.168. The summed E-state index contributed by atoms with van der Waals surface area (Å²) < 4.78 is 19.8. The Labute approximate surface area is 199 Å². The molecule has 7 heteroatoms. The van der Waals surface area contributed by atoms with E-state index in [2.05, 4.69) is 11.1 Å².